The lowest BCUT2D eigenvalue weighted by atomic mass is 10.2. The fourth-order valence-corrected chi connectivity index (χ4v) is 16.1. The summed E-state index contributed by atoms with van der Waals surface area (Å²) in [7, 11) is -14.8. The number of esters is 2. The number of anilines is 4. The third-order valence-corrected chi connectivity index (χ3v) is 23.3. The summed E-state index contributed by atoms with van der Waals surface area (Å²) in [6.07, 6.45) is 7.85. The number of rotatable bonds is 20. The molecule has 4 aromatic heterocycles. The number of sulfonamides is 4. The molecule has 26 nitrogen and oxygen atoms in total. The van der Waals surface area contributed by atoms with Crippen molar-refractivity contribution < 1.29 is 81.3 Å². The number of halogens is 2. The van der Waals surface area contributed by atoms with Crippen LogP contribution in [0, 0.1) is 13.8 Å². The second-order valence-corrected chi connectivity index (χ2v) is 32.6. The fraction of sp³-hybridized carbons (Fsp3) is 0.100. The number of pyridine rings is 4. The van der Waals surface area contributed by atoms with E-state index in [1.54, 1.807) is 202 Å². The van der Waals surface area contributed by atoms with Gasteiger partial charge in [0.1, 0.15) is 46.1 Å². The standard InChI is InChI=1S/C21H17ClN2O4S.C20H15ClN2O5S.C20H16N2O4S.C19H14N2O5S/c1-13-10-17(6-7-19(13)22)29(26,27)24-14-2-4-16(5-3-14)28-21-8-9-23-20-12-15(25)11-18(20)21;1-12-10-15(6-7-16(12)21)29(25,26)23-13-2-4-14(5-3-13)27-18-8-9-22-17-11-19(24)28-20(17)18;23-15-12-18-19(13-15)21-11-10-20(18)26-16-8-6-14(7-9-16)22-27(24,25)17-4-2-1-3-5-17;22-18-12-16-19(26-18)17(10-11-20-16)25-14-8-6-13(7-9-14)21-27(23,24)15-4-2-1-3-5-15/h2-10,24H,11-12H2,1H3;2-10,23H,11H2,1H3;1-11,22H,12-13H2;1-11,21H,12H2. The Kier molecular flexibility index (Phi) is 23.1. The number of hydrogen-bond donors (Lipinski definition) is 4. The van der Waals surface area contributed by atoms with Crippen molar-refractivity contribution in [2.75, 3.05) is 18.9 Å². The lowest BCUT2D eigenvalue weighted by Gasteiger charge is -2.12. The van der Waals surface area contributed by atoms with Crippen molar-refractivity contribution in [2.24, 2.45) is 0 Å². The van der Waals surface area contributed by atoms with Crippen molar-refractivity contribution >= 4 is 110 Å². The maximum Gasteiger partial charge on any atom is 0.317 e. The van der Waals surface area contributed by atoms with Crippen LogP contribution in [0.3, 0.4) is 0 Å². The zero-order valence-electron chi connectivity index (χ0n) is 58.9. The summed E-state index contributed by atoms with van der Waals surface area (Å²) in [4.78, 5) is 63.4. The molecule has 16 rings (SSSR count). The summed E-state index contributed by atoms with van der Waals surface area (Å²) in [5.41, 5.74) is 7.14. The van der Waals surface area contributed by atoms with E-state index < -0.39 is 40.1 Å². The number of ketones is 2. The molecule has 112 heavy (non-hydrogen) atoms. The van der Waals surface area contributed by atoms with Crippen LogP contribution in [0.1, 0.15) is 45.0 Å². The largest absolute Gasteiger partial charge is 0.457 e. The molecule has 0 bridgehead atoms. The molecule has 0 amide bonds. The minimum absolute atomic E-state index is 0.109. The molecular formula is C80H62Cl2N8O18S4. The van der Waals surface area contributed by atoms with Crippen LogP contribution in [0.4, 0.5) is 22.7 Å². The normalized spacial score (nSPS) is 13.1. The van der Waals surface area contributed by atoms with Crippen molar-refractivity contribution in [1.82, 2.24) is 19.9 Å². The number of fused-ring (bicyclic) bond motifs is 4. The molecule has 4 N–H and O–H groups in total. The number of carbonyl (C=O) groups excluding carboxylic acids is 4. The second kappa shape index (κ2) is 33.3. The SMILES string of the molecule is Cc1cc(S(=O)(=O)Nc2ccc(Oc3ccnc4c3CC(=O)C4)cc2)ccc1Cl.Cc1cc(S(=O)(=O)Nc2ccc(Oc3ccnc4c3OC(=O)C4)cc2)ccc1Cl.O=C1Cc2nccc(Oc3ccc(NS(=O)(=O)c4ccccc4)cc3)c2C1.O=C1Cc2nccc(Oc3ccc(NS(=O)(=O)c4ccccc4)cc3)c2O1. The molecule has 0 radical (unpaired) electrons. The van der Waals surface area contributed by atoms with Crippen LogP contribution >= 0.6 is 23.2 Å². The summed E-state index contributed by atoms with van der Waals surface area (Å²) in [6, 6.07) is 57.9. The number of ether oxygens (including phenoxy) is 6. The van der Waals surface area contributed by atoms with Gasteiger partial charge in [-0.05, 0) is 195 Å². The van der Waals surface area contributed by atoms with Crippen molar-refractivity contribution in [3.8, 4) is 57.5 Å². The van der Waals surface area contributed by atoms with Gasteiger partial charge in [0.15, 0.2) is 23.0 Å². The predicted molar refractivity (Wildman–Crippen MR) is 415 cm³/mol. The first-order valence-electron chi connectivity index (χ1n) is 33.9. The Hall–Kier alpha value is -12.6. The van der Waals surface area contributed by atoms with E-state index in [0.717, 1.165) is 22.5 Å². The van der Waals surface area contributed by atoms with Crippen LogP contribution in [0.25, 0.3) is 0 Å². The maximum atomic E-state index is 12.6. The molecule has 0 saturated carbocycles. The summed E-state index contributed by atoms with van der Waals surface area (Å²) >= 11 is 11.9. The molecule has 4 aliphatic rings. The van der Waals surface area contributed by atoms with E-state index in [1.807, 2.05) is 0 Å². The van der Waals surface area contributed by atoms with Crippen LogP contribution in [-0.2, 0) is 97.8 Å². The van der Waals surface area contributed by atoms with Gasteiger partial charge in [-0.1, -0.05) is 59.6 Å². The van der Waals surface area contributed by atoms with Crippen molar-refractivity contribution in [3.05, 3.63) is 298 Å². The Balaban J connectivity index is 0.000000131. The molecule has 2 aliphatic carbocycles. The molecule has 0 unspecified atom stereocenters. The average molecular weight is 1620 g/mol. The minimum Gasteiger partial charge on any atom is -0.457 e. The van der Waals surface area contributed by atoms with Gasteiger partial charge in [-0.25, -0.2) is 33.7 Å². The van der Waals surface area contributed by atoms with Crippen LogP contribution in [-0.4, -0.2) is 77.1 Å². The van der Waals surface area contributed by atoms with Gasteiger partial charge < -0.3 is 28.4 Å². The zero-order chi connectivity index (χ0) is 78.9. The first-order valence-corrected chi connectivity index (χ1v) is 40.5. The first kappa shape index (κ1) is 77.6. The van der Waals surface area contributed by atoms with Gasteiger partial charge >= 0.3 is 11.9 Å². The van der Waals surface area contributed by atoms with Gasteiger partial charge in [-0.3, -0.25) is 58.0 Å². The van der Waals surface area contributed by atoms with Crippen LogP contribution in [0.15, 0.2) is 263 Å². The molecule has 0 fully saturated rings. The third kappa shape index (κ3) is 19.2. The molecule has 0 saturated heterocycles. The molecule has 6 heterocycles. The Morgan fingerprint density at radius 1 is 0.321 bits per heavy atom. The average Bonchev–Trinajstić information content (AvgIpc) is 1.62. The molecule has 0 spiro atoms. The lowest BCUT2D eigenvalue weighted by Crippen LogP contribution is -2.13. The van der Waals surface area contributed by atoms with E-state index in [2.05, 4.69) is 38.8 Å². The number of Topliss-reactive ketones (excluding diaryl/α,β-unsaturated/α-hetero) is 2. The number of nitrogens with zero attached hydrogens (tertiary/aromatic N) is 4. The Morgan fingerprint density at radius 2 is 0.607 bits per heavy atom. The Labute approximate surface area is 652 Å². The van der Waals surface area contributed by atoms with Gasteiger partial charge in [-0.15, -0.1) is 0 Å². The maximum absolute atomic E-state index is 12.6. The summed E-state index contributed by atoms with van der Waals surface area (Å²) in [5, 5.41) is 1.01. The van der Waals surface area contributed by atoms with Crippen LogP contribution < -0.4 is 47.3 Å². The third-order valence-electron chi connectivity index (χ3n) is 16.9. The van der Waals surface area contributed by atoms with Crippen molar-refractivity contribution in [1.29, 1.82) is 0 Å². The molecule has 32 heteroatoms. The highest BCUT2D eigenvalue weighted by molar-refractivity contribution is 7.93. The summed E-state index contributed by atoms with van der Waals surface area (Å²) < 4.78 is 143. The summed E-state index contributed by atoms with van der Waals surface area (Å²) in [5.74, 6) is 4.03. The van der Waals surface area contributed by atoms with Crippen molar-refractivity contribution in [2.45, 2.75) is 72.0 Å². The number of aromatic nitrogens is 4. The van der Waals surface area contributed by atoms with E-state index in [1.165, 1.54) is 54.7 Å². The highest BCUT2D eigenvalue weighted by Crippen LogP contribution is 2.41. The number of hydrogen-bond acceptors (Lipinski definition) is 22. The van der Waals surface area contributed by atoms with E-state index in [0.29, 0.717) is 138 Å². The van der Waals surface area contributed by atoms with E-state index in [-0.39, 0.29) is 55.9 Å². The van der Waals surface area contributed by atoms with Gasteiger partial charge in [0, 0.05) is 107 Å². The highest BCUT2D eigenvalue weighted by atomic mass is 35.5. The minimum atomic E-state index is -3.75. The Morgan fingerprint density at radius 3 is 0.920 bits per heavy atom. The Bertz CT molecular complexity index is 5730. The number of nitrogens with one attached hydrogen (secondary N) is 4. The highest BCUT2D eigenvalue weighted by Gasteiger charge is 2.30. The van der Waals surface area contributed by atoms with Gasteiger partial charge in [0.05, 0.1) is 55.2 Å². The molecule has 2 aliphatic heterocycles. The van der Waals surface area contributed by atoms with Gasteiger partial charge in [0.25, 0.3) is 40.1 Å². The fourth-order valence-electron chi connectivity index (χ4n) is 11.4. The topological polar surface area (TPSA) is 360 Å². The monoisotopic (exact) mass is 1620 g/mol. The molecule has 0 atom stereocenters. The predicted octanol–water partition coefficient (Wildman–Crippen LogP) is 14.9. The number of aryl methyl sites for hydroxylation is 2. The van der Waals surface area contributed by atoms with Crippen molar-refractivity contribution in [3.63, 3.8) is 0 Å². The molecule has 568 valence electrons. The number of benzene rings is 8. The summed E-state index contributed by atoms with van der Waals surface area (Å²) in [6.45, 7) is 3.48. The second-order valence-electron chi connectivity index (χ2n) is 25.1. The van der Waals surface area contributed by atoms with Gasteiger partial charge in [0.2, 0.25) is 0 Å². The zero-order valence-corrected chi connectivity index (χ0v) is 63.6. The number of carbonyl (C=O) groups is 4. The smallest absolute Gasteiger partial charge is 0.317 e. The quantitative estimate of drug-likeness (QED) is 0.0515. The van der Waals surface area contributed by atoms with Crippen LogP contribution in [0.2, 0.25) is 10.0 Å². The van der Waals surface area contributed by atoms with E-state index >= 15 is 0 Å². The van der Waals surface area contributed by atoms with E-state index in [4.69, 9.17) is 51.6 Å². The molecule has 8 aromatic carbocycles. The molecule has 12 aromatic rings. The lowest BCUT2D eigenvalue weighted by molar-refractivity contribution is -0.132. The first-order chi connectivity index (χ1) is 53.6. The van der Waals surface area contributed by atoms with Crippen LogP contribution in [0.5, 0.6) is 57.5 Å². The van der Waals surface area contributed by atoms with Gasteiger partial charge in [-0.2, -0.15) is 0 Å². The molecular weight excluding hydrogens is 1560 g/mol. The van der Waals surface area contributed by atoms with E-state index in [9.17, 15) is 52.8 Å².